The maximum atomic E-state index is 6.12. The second-order valence-corrected chi connectivity index (χ2v) is 7.45. The first-order valence-corrected chi connectivity index (χ1v) is 9.55. The number of aromatic nitrogens is 2. The highest BCUT2D eigenvalue weighted by Gasteiger charge is 2.11. The maximum Gasteiger partial charge on any atom is 0.146 e. The minimum Gasteiger partial charge on any atom is -0.486 e. The maximum absolute atomic E-state index is 6.12. The summed E-state index contributed by atoms with van der Waals surface area (Å²) in [6, 6.07) is 16.8. The van der Waals surface area contributed by atoms with E-state index in [2.05, 4.69) is 41.9 Å². The third-order valence-corrected chi connectivity index (χ3v) is 4.84. The Bertz CT molecular complexity index is 858. The van der Waals surface area contributed by atoms with Crippen LogP contribution >= 0.6 is 11.6 Å². The summed E-state index contributed by atoms with van der Waals surface area (Å²) in [7, 11) is 1.97. The first-order valence-electron chi connectivity index (χ1n) is 9.17. The molecular formula is C22H26ClN3O. The number of nitrogens with zero attached hydrogens (tertiary/aromatic N) is 3. The van der Waals surface area contributed by atoms with Crippen molar-refractivity contribution in [3.63, 3.8) is 0 Å². The Morgan fingerprint density at radius 3 is 2.44 bits per heavy atom. The van der Waals surface area contributed by atoms with Crippen LogP contribution in [0.1, 0.15) is 30.8 Å². The van der Waals surface area contributed by atoms with Crippen molar-refractivity contribution in [3.05, 3.63) is 82.9 Å². The summed E-state index contributed by atoms with van der Waals surface area (Å²) in [6.45, 7) is 6.65. The number of halogens is 1. The number of imidazole rings is 1. The number of benzene rings is 2. The molecule has 0 aliphatic heterocycles. The zero-order chi connectivity index (χ0) is 19.2. The van der Waals surface area contributed by atoms with E-state index in [1.165, 1.54) is 11.1 Å². The second kappa shape index (κ2) is 9.07. The van der Waals surface area contributed by atoms with Crippen molar-refractivity contribution in [2.24, 2.45) is 7.05 Å². The molecule has 4 nitrogen and oxygen atoms in total. The average molecular weight is 384 g/mol. The fraction of sp³-hybridized carbons (Fsp3) is 0.318. The van der Waals surface area contributed by atoms with Crippen molar-refractivity contribution >= 4 is 11.6 Å². The van der Waals surface area contributed by atoms with E-state index in [1.807, 2.05) is 48.1 Å². The van der Waals surface area contributed by atoms with E-state index in [-0.39, 0.29) is 0 Å². The van der Waals surface area contributed by atoms with Gasteiger partial charge in [-0.15, -0.1) is 0 Å². The Morgan fingerprint density at radius 1 is 1.07 bits per heavy atom. The predicted octanol–water partition coefficient (Wildman–Crippen LogP) is 5.06. The summed E-state index contributed by atoms with van der Waals surface area (Å²) in [5.74, 6) is 1.76. The molecule has 0 aliphatic rings. The van der Waals surface area contributed by atoms with Gasteiger partial charge < -0.3 is 9.30 Å². The van der Waals surface area contributed by atoms with E-state index >= 15 is 0 Å². The molecule has 0 amide bonds. The van der Waals surface area contributed by atoms with Crippen LogP contribution in [0.25, 0.3) is 0 Å². The molecule has 0 atom stereocenters. The van der Waals surface area contributed by atoms with Crippen molar-refractivity contribution in [3.8, 4) is 5.75 Å². The summed E-state index contributed by atoms with van der Waals surface area (Å²) >= 11 is 6.12. The van der Waals surface area contributed by atoms with Crippen molar-refractivity contribution in [1.82, 2.24) is 14.5 Å². The monoisotopic (exact) mass is 383 g/mol. The van der Waals surface area contributed by atoms with Gasteiger partial charge in [0.05, 0.1) is 0 Å². The molecule has 1 heterocycles. The van der Waals surface area contributed by atoms with Gasteiger partial charge in [0.15, 0.2) is 0 Å². The predicted molar refractivity (Wildman–Crippen MR) is 110 cm³/mol. The standard InChI is InChI=1S/C22H26ClN3O/c1-17(2)26(15-19-5-4-6-20(23)13-19)14-18-7-9-21(10-8-18)27-16-22-24-11-12-25(22)3/h4-13,17H,14-16H2,1-3H3. The SMILES string of the molecule is CC(C)N(Cc1ccc(OCc2nccn2C)cc1)Cc1cccc(Cl)c1. The highest BCUT2D eigenvalue weighted by Crippen LogP contribution is 2.19. The van der Waals surface area contributed by atoms with Gasteiger partial charge in [0, 0.05) is 43.6 Å². The smallest absolute Gasteiger partial charge is 0.146 e. The van der Waals surface area contributed by atoms with Gasteiger partial charge in [-0.3, -0.25) is 4.90 Å². The second-order valence-electron chi connectivity index (χ2n) is 7.02. The lowest BCUT2D eigenvalue weighted by atomic mass is 10.1. The largest absolute Gasteiger partial charge is 0.486 e. The zero-order valence-electron chi connectivity index (χ0n) is 16.1. The van der Waals surface area contributed by atoms with Gasteiger partial charge in [0.25, 0.3) is 0 Å². The lowest BCUT2D eigenvalue weighted by molar-refractivity contribution is 0.203. The zero-order valence-corrected chi connectivity index (χ0v) is 16.9. The number of hydrogen-bond acceptors (Lipinski definition) is 3. The van der Waals surface area contributed by atoms with E-state index in [0.29, 0.717) is 12.6 Å². The molecule has 0 fully saturated rings. The highest BCUT2D eigenvalue weighted by atomic mass is 35.5. The van der Waals surface area contributed by atoms with Gasteiger partial charge in [-0.25, -0.2) is 4.98 Å². The van der Waals surface area contributed by atoms with Crippen LogP contribution in [0.3, 0.4) is 0 Å². The van der Waals surface area contributed by atoms with E-state index in [4.69, 9.17) is 16.3 Å². The fourth-order valence-electron chi connectivity index (χ4n) is 2.90. The molecule has 3 rings (SSSR count). The Labute approximate surface area is 166 Å². The third-order valence-electron chi connectivity index (χ3n) is 4.60. The molecule has 27 heavy (non-hydrogen) atoms. The molecule has 0 radical (unpaired) electrons. The number of aryl methyl sites for hydroxylation is 1. The molecular weight excluding hydrogens is 358 g/mol. The lowest BCUT2D eigenvalue weighted by Gasteiger charge is -2.27. The minimum absolute atomic E-state index is 0.434. The van der Waals surface area contributed by atoms with E-state index < -0.39 is 0 Å². The molecule has 0 N–H and O–H groups in total. The summed E-state index contributed by atoms with van der Waals surface area (Å²) in [5.41, 5.74) is 2.49. The lowest BCUT2D eigenvalue weighted by Crippen LogP contribution is -2.29. The van der Waals surface area contributed by atoms with Crippen molar-refractivity contribution in [2.45, 2.75) is 39.6 Å². The summed E-state index contributed by atoms with van der Waals surface area (Å²) in [4.78, 5) is 6.70. The molecule has 3 aromatic rings. The summed E-state index contributed by atoms with van der Waals surface area (Å²) in [6.07, 6.45) is 3.70. The van der Waals surface area contributed by atoms with Gasteiger partial charge >= 0.3 is 0 Å². The van der Waals surface area contributed by atoms with Crippen LogP contribution in [-0.2, 0) is 26.7 Å². The van der Waals surface area contributed by atoms with E-state index in [9.17, 15) is 0 Å². The molecule has 2 aromatic carbocycles. The fourth-order valence-corrected chi connectivity index (χ4v) is 3.11. The quantitative estimate of drug-likeness (QED) is 0.544. The van der Waals surface area contributed by atoms with Crippen LogP contribution in [0, 0.1) is 0 Å². The van der Waals surface area contributed by atoms with E-state index in [1.54, 1.807) is 6.20 Å². The normalized spacial score (nSPS) is 11.3. The third kappa shape index (κ3) is 5.59. The van der Waals surface area contributed by atoms with Gasteiger partial charge in [0.2, 0.25) is 0 Å². The molecule has 142 valence electrons. The average Bonchev–Trinajstić information content (AvgIpc) is 3.05. The number of rotatable bonds is 8. The Balaban J connectivity index is 1.60. The van der Waals surface area contributed by atoms with Crippen molar-refractivity contribution < 1.29 is 4.74 Å². The van der Waals surface area contributed by atoms with Gasteiger partial charge in [-0.1, -0.05) is 35.9 Å². The molecule has 0 unspecified atom stereocenters. The highest BCUT2D eigenvalue weighted by molar-refractivity contribution is 6.30. The van der Waals surface area contributed by atoms with Crippen LogP contribution in [-0.4, -0.2) is 20.5 Å². The first-order chi connectivity index (χ1) is 13.0. The minimum atomic E-state index is 0.434. The summed E-state index contributed by atoms with van der Waals surface area (Å²) in [5, 5.41) is 0.783. The van der Waals surface area contributed by atoms with Crippen LogP contribution in [0.15, 0.2) is 60.9 Å². The Hall–Kier alpha value is -2.30. The van der Waals surface area contributed by atoms with Crippen molar-refractivity contribution in [1.29, 1.82) is 0 Å². The molecule has 5 heteroatoms. The number of ether oxygens (including phenoxy) is 1. The van der Waals surface area contributed by atoms with Crippen LogP contribution in [0.2, 0.25) is 5.02 Å². The molecule has 0 spiro atoms. The molecule has 0 saturated carbocycles. The van der Waals surface area contributed by atoms with Crippen LogP contribution < -0.4 is 4.74 Å². The van der Waals surface area contributed by atoms with Crippen LogP contribution in [0.5, 0.6) is 5.75 Å². The Morgan fingerprint density at radius 2 is 1.81 bits per heavy atom. The van der Waals surface area contributed by atoms with Gasteiger partial charge in [0.1, 0.15) is 18.2 Å². The number of hydrogen-bond donors (Lipinski definition) is 0. The molecule has 0 saturated heterocycles. The molecule has 0 bridgehead atoms. The van der Waals surface area contributed by atoms with Gasteiger partial charge in [-0.2, -0.15) is 0 Å². The molecule has 1 aromatic heterocycles. The van der Waals surface area contributed by atoms with Gasteiger partial charge in [-0.05, 0) is 49.2 Å². The van der Waals surface area contributed by atoms with E-state index in [0.717, 1.165) is 29.7 Å². The topological polar surface area (TPSA) is 30.3 Å². The summed E-state index contributed by atoms with van der Waals surface area (Å²) < 4.78 is 7.80. The van der Waals surface area contributed by atoms with Crippen molar-refractivity contribution in [2.75, 3.05) is 0 Å². The molecule has 0 aliphatic carbocycles. The Kier molecular flexibility index (Phi) is 6.54. The van der Waals surface area contributed by atoms with Crippen LogP contribution in [0.4, 0.5) is 0 Å². The first kappa shape index (κ1) is 19.5.